The van der Waals surface area contributed by atoms with Crippen molar-refractivity contribution in [1.29, 1.82) is 0 Å². The molecule has 0 spiro atoms. The fraction of sp³-hybridized carbons (Fsp3) is 0.760. The van der Waals surface area contributed by atoms with Crippen molar-refractivity contribution >= 4 is 0 Å². The van der Waals surface area contributed by atoms with Gasteiger partial charge < -0.3 is 18.9 Å². The van der Waals surface area contributed by atoms with E-state index in [0.29, 0.717) is 31.1 Å². The van der Waals surface area contributed by atoms with Gasteiger partial charge in [0.1, 0.15) is 0 Å². The van der Waals surface area contributed by atoms with E-state index in [0.717, 1.165) is 51.7 Å². The number of halogens is 2. The first-order valence-corrected chi connectivity index (χ1v) is 12.1. The Hall–Kier alpha value is -1.08. The van der Waals surface area contributed by atoms with Gasteiger partial charge >= 0.3 is 0 Å². The third-order valence-electron chi connectivity index (χ3n) is 6.27. The second-order valence-electron chi connectivity index (χ2n) is 8.95. The lowest BCUT2D eigenvalue weighted by atomic mass is 10.0. The molecule has 2 heterocycles. The van der Waals surface area contributed by atoms with E-state index in [1.165, 1.54) is 12.8 Å². The smallest absolute Gasteiger partial charge is 0.186 e. The highest BCUT2D eigenvalue weighted by Crippen LogP contribution is 2.31. The monoisotopic (exact) mass is 440 g/mol. The Morgan fingerprint density at radius 3 is 2.06 bits per heavy atom. The zero-order valence-electron chi connectivity index (χ0n) is 19.0. The van der Waals surface area contributed by atoms with Crippen molar-refractivity contribution in [1.82, 2.24) is 0 Å². The van der Waals surface area contributed by atoms with Gasteiger partial charge in [0.15, 0.2) is 24.2 Å². The number of unbranched alkanes of at least 4 members (excludes halogenated alkanes) is 3. The van der Waals surface area contributed by atoms with Gasteiger partial charge in [-0.2, -0.15) is 0 Å². The predicted molar refractivity (Wildman–Crippen MR) is 116 cm³/mol. The van der Waals surface area contributed by atoms with Crippen molar-refractivity contribution in [2.75, 3.05) is 26.4 Å². The van der Waals surface area contributed by atoms with E-state index in [2.05, 4.69) is 13.8 Å². The molecule has 0 atom stereocenters. The summed E-state index contributed by atoms with van der Waals surface area (Å²) in [5.74, 6) is -0.917. The van der Waals surface area contributed by atoms with Gasteiger partial charge in [0.25, 0.3) is 0 Å². The molecule has 2 saturated heterocycles. The van der Waals surface area contributed by atoms with Crippen LogP contribution in [0.4, 0.5) is 8.78 Å². The summed E-state index contributed by atoms with van der Waals surface area (Å²) in [7, 11) is 0. The first-order chi connectivity index (χ1) is 15.1. The molecule has 0 aliphatic carbocycles. The topological polar surface area (TPSA) is 36.9 Å². The number of hydrogen-bond acceptors (Lipinski definition) is 4. The van der Waals surface area contributed by atoms with Crippen LogP contribution in [0.1, 0.15) is 82.6 Å². The van der Waals surface area contributed by atoms with E-state index in [1.807, 2.05) is 0 Å². The van der Waals surface area contributed by atoms with Gasteiger partial charge in [-0.05, 0) is 37.7 Å². The maximum Gasteiger partial charge on any atom is 0.186 e. The summed E-state index contributed by atoms with van der Waals surface area (Å²) in [4.78, 5) is 0. The molecule has 0 unspecified atom stereocenters. The van der Waals surface area contributed by atoms with Crippen LogP contribution in [0.3, 0.4) is 0 Å². The highest BCUT2D eigenvalue weighted by molar-refractivity contribution is 5.27. The van der Waals surface area contributed by atoms with Crippen LogP contribution >= 0.6 is 0 Å². The Kier molecular flexibility index (Phi) is 10.2. The lowest BCUT2D eigenvalue weighted by molar-refractivity contribution is -0.221. The van der Waals surface area contributed by atoms with Crippen molar-refractivity contribution in [2.45, 2.75) is 84.2 Å². The predicted octanol–water partition coefficient (Wildman–Crippen LogP) is 6.32. The first-order valence-electron chi connectivity index (χ1n) is 12.1. The summed E-state index contributed by atoms with van der Waals surface area (Å²) in [5, 5.41) is 0. The Labute approximate surface area is 185 Å². The van der Waals surface area contributed by atoms with Gasteiger partial charge in [-0.1, -0.05) is 51.7 Å². The van der Waals surface area contributed by atoms with Crippen molar-refractivity contribution in [3.8, 4) is 0 Å². The second kappa shape index (κ2) is 12.8. The molecule has 0 radical (unpaired) electrons. The molecule has 0 bridgehead atoms. The molecule has 31 heavy (non-hydrogen) atoms. The van der Waals surface area contributed by atoms with Crippen LogP contribution in [-0.2, 0) is 25.4 Å². The molecule has 176 valence electrons. The van der Waals surface area contributed by atoms with E-state index < -0.39 is 17.9 Å². The molecule has 0 amide bonds. The molecule has 0 saturated carbocycles. The van der Waals surface area contributed by atoms with Gasteiger partial charge in [0.2, 0.25) is 0 Å². The molecule has 0 N–H and O–H groups in total. The molecule has 2 aliphatic rings. The van der Waals surface area contributed by atoms with Crippen molar-refractivity contribution in [2.24, 2.45) is 11.8 Å². The molecule has 4 nitrogen and oxygen atoms in total. The highest BCUT2D eigenvalue weighted by Gasteiger charge is 2.29. The maximum absolute atomic E-state index is 14.6. The van der Waals surface area contributed by atoms with Crippen LogP contribution in [0.5, 0.6) is 0 Å². The van der Waals surface area contributed by atoms with Gasteiger partial charge in [-0.15, -0.1) is 0 Å². The van der Waals surface area contributed by atoms with Crippen LogP contribution in [0, 0.1) is 23.5 Å². The van der Waals surface area contributed by atoms with Crippen LogP contribution in [-0.4, -0.2) is 32.7 Å². The second-order valence-corrected chi connectivity index (χ2v) is 8.95. The van der Waals surface area contributed by atoms with Crippen LogP contribution < -0.4 is 0 Å². The van der Waals surface area contributed by atoms with E-state index in [1.54, 1.807) is 12.1 Å². The zero-order chi connectivity index (χ0) is 22.1. The van der Waals surface area contributed by atoms with E-state index >= 15 is 0 Å². The SMILES string of the molecule is CCCCCc1ccc([C@H]2OC[C@H](CC[C@H]3OC[C@H](CCCC)CO3)CO2)c(F)c1F. The average molecular weight is 441 g/mol. The Balaban J connectivity index is 1.40. The summed E-state index contributed by atoms with van der Waals surface area (Å²) in [6, 6.07) is 3.26. The molecule has 2 fully saturated rings. The molecule has 1 aromatic rings. The number of aryl methyl sites for hydroxylation is 1. The standard InChI is InChI=1S/C25H38F2O4/c1-3-5-7-9-20-11-12-21(24(27)23(20)26)25-30-16-19(17-31-25)10-13-22-28-14-18(15-29-22)8-6-4-2/h11-12,18-19,22,25H,3-10,13-17H2,1-2H3/t18-,19-,22-,25-. The highest BCUT2D eigenvalue weighted by atomic mass is 19.2. The maximum atomic E-state index is 14.6. The Bertz CT molecular complexity index is 653. The summed E-state index contributed by atoms with van der Waals surface area (Å²) < 4.78 is 52.2. The number of rotatable bonds is 11. The van der Waals surface area contributed by atoms with Crippen LogP contribution in [0.2, 0.25) is 0 Å². The average Bonchev–Trinajstić information content (AvgIpc) is 2.80. The van der Waals surface area contributed by atoms with E-state index in [4.69, 9.17) is 18.9 Å². The Morgan fingerprint density at radius 2 is 1.39 bits per heavy atom. The first kappa shape index (κ1) is 24.6. The molecule has 6 heteroatoms. The molecular formula is C25H38F2O4. The summed E-state index contributed by atoms with van der Waals surface area (Å²) in [5.41, 5.74) is 0.570. The lowest BCUT2D eigenvalue weighted by Gasteiger charge is -2.32. The van der Waals surface area contributed by atoms with Crippen LogP contribution in [0.25, 0.3) is 0 Å². The van der Waals surface area contributed by atoms with Crippen molar-refractivity contribution in [3.05, 3.63) is 34.9 Å². The molecule has 2 aliphatic heterocycles. The van der Waals surface area contributed by atoms with Gasteiger partial charge in [-0.25, -0.2) is 8.78 Å². The fourth-order valence-electron chi connectivity index (χ4n) is 4.22. The van der Waals surface area contributed by atoms with Gasteiger partial charge in [-0.3, -0.25) is 0 Å². The third-order valence-corrected chi connectivity index (χ3v) is 6.27. The number of ether oxygens (including phenoxy) is 4. The third kappa shape index (κ3) is 7.21. The summed E-state index contributed by atoms with van der Waals surface area (Å²) >= 11 is 0. The minimum absolute atomic E-state index is 0.146. The lowest BCUT2D eigenvalue weighted by Crippen LogP contribution is -2.34. The molecule has 0 aromatic heterocycles. The fourth-order valence-corrected chi connectivity index (χ4v) is 4.22. The molecular weight excluding hydrogens is 402 g/mol. The largest absolute Gasteiger partial charge is 0.352 e. The van der Waals surface area contributed by atoms with Crippen molar-refractivity contribution < 1.29 is 27.7 Å². The van der Waals surface area contributed by atoms with Gasteiger partial charge in [0, 0.05) is 17.4 Å². The van der Waals surface area contributed by atoms with Crippen LogP contribution in [0.15, 0.2) is 12.1 Å². The van der Waals surface area contributed by atoms with E-state index in [-0.39, 0.29) is 17.8 Å². The minimum atomic E-state index is -0.850. The molecule has 3 rings (SSSR count). The quantitative estimate of drug-likeness (QED) is 0.377. The summed E-state index contributed by atoms with van der Waals surface area (Å²) in [6.07, 6.45) is 7.66. The number of benzene rings is 1. The van der Waals surface area contributed by atoms with Gasteiger partial charge in [0.05, 0.1) is 26.4 Å². The minimum Gasteiger partial charge on any atom is -0.352 e. The number of hydrogen-bond donors (Lipinski definition) is 0. The van der Waals surface area contributed by atoms with Crippen molar-refractivity contribution in [3.63, 3.8) is 0 Å². The molecule has 1 aromatic carbocycles. The van der Waals surface area contributed by atoms with E-state index in [9.17, 15) is 8.78 Å². The normalized spacial score (nSPS) is 26.8. The zero-order valence-corrected chi connectivity index (χ0v) is 19.0. The Morgan fingerprint density at radius 1 is 0.742 bits per heavy atom. The summed E-state index contributed by atoms with van der Waals surface area (Å²) in [6.45, 7) is 6.73.